The molecule has 5 N–H and O–H groups in total. The lowest BCUT2D eigenvalue weighted by molar-refractivity contribution is 0.180. The number of hydrogen-bond donors (Lipinski definition) is 4. The van der Waals surface area contributed by atoms with E-state index in [1.807, 2.05) is 12.1 Å². The van der Waals surface area contributed by atoms with E-state index in [1.165, 1.54) is 12.1 Å². The predicted molar refractivity (Wildman–Crippen MR) is 132 cm³/mol. The second kappa shape index (κ2) is 12.5. The second-order valence-electron chi connectivity index (χ2n) is 6.79. The third-order valence-corrected chi connectivity index (χ3v) is 5.40. The van der Waals surface area contributed by atoms with Gasteiger partial charge in [0.1, 0.15) is 5.76 Å². The zero-order valence-corrected chi connectivity index (χ0v) is 20.4. The fraction of sp³-hybridized carbons (Fsp3) is 0.238. The van der Waals surface area contributed by atoms with Gasteiger partial charge in [0, 0.05) is 31.9 Å². The van der Waals surface area contributed by atoms with Crippen LogP contribution in [0.25, 0.3) is 0 Å². The Morgan fingerprint density at radius 3 is 2.47 bits per heavy atom. The van der Waals surface area contributed by atoms with Crippen molar-refractivity contribution in [1.29, 1.82) is 0 Å². The Morgan fingerprint density at radius 1 is 1.12 bits per heavy atom. The van der Waals surface area contributed by atoms with Crippen molar-refractivity contribution in [2.24, 2.45) is 10.1 Å². The molecule has 0 bridgehead atoms. The molecule has 1 unspecified atom stereocenters. The van der Waals surface area contributed by atoms with Crippen LogP contribution >= 0.6 is 24.0 Å². The van der Waals surface area contributed by atoms with Crippen LogP contribution in [0.3, 0.4) is 0 Å². The van der Waals surface area contributed by atoms with Crippen molar-refractivity contribution in [2.45, 2.75) is 24.0 Å². The van der Waals surface area contributed by atoms with Gasteiger partial charge >= 0.3 is 0 Å². The summed E-state index contributed by atoms with van der Waals surface area (Å²) < 4.78 is 28.1. The number of rotatable bonds is 9. The molecular formula is C21H26IN5O4S. The highest BCUT2D eigenvalue weighted by Gasteiger charge is 2.09. The van der Waals surface area contributed by atoms with Crippen molar-refractivity contribution in [1.82, 2.24) is 15.6 Å². The molecule has 0 aliphatic rings. The number of aliphatic imine (C=N–C) groups is 1. The number of benzene rings is 1. The number of furan rings is 1. The Balaban J connectivity index is 0.00000363. The summed E-state index contributed by atoms with van der Waals surface area (Å²) in [5, 5.41) is 21.8. The van der Waals surface area contributed by atoms with Crippen LogP contribution in [0.2, 0.25) is 0 Å². The van der Waals surface area contributed by atoms with E-state index >= 15 is 0 Å². The molecule has 3 aromatic rings. The number of primary sulfonamides is 1. The zero-order valence-electron chi connectivity index (χ0n) is 17.2. The third-order valence-electron chi connectivity index (χ3n) is 4.47. The Bertz CT molecular complexity index is 1080. The molecule has 0 amide bonds. The van der Waals surface area contributed by atoms with Crippen molar-refractivity contribution in [3.8, 4) is 0 Å². The molecule has 0 spiro atoms. The number of nitrogens with zero attached hydrogens (tertiary/aromatic N) is 2. The minimum atomic E-state index is -3.73. The molecule has 32 heavy (non-hydrogen) atoms. The topological polar surface area (TPSA) is 143 Å². The van der Waals surface area contributed by atoms with Crippen LogP contribution in [0.5, 0.6) is 0 Å². The molecule has 0 saturated carbocycles. The molecular weight excluding hydrogens is 545 g/mol. The molecule has 0 aliphatic heterocycles. The highest BCUT2D eigenvalue weighted by molar-refractivity contribution is 14.0. The molecule has 0 saturated heterocycles. The monoisotopic (exact) mass is 571 g/mol. The van der Waals surface area contributed by atoms with Gasteiger partial charge in [-0.3, -0.25) is 4.98 Å². The minimum absolute atomic E-state index is 0. The van der Waals surface area contributed by atoms with Crippen LogP contribution in [-0.4, -0.2) is 37.6 Å². The van der Waals surface area contributed by atoms with Gasteiger partial charge in [-0.15, -0.1) is 24.0 Å². The maximum atomic E-state index is 11.4. The molecule has 0 radical (unpaired) electrons. The molecule has 3 rings (SSSR count). The third kappa shape index (κ3) is 8.22. The van der Waals surface area contributed by atoms with E-state index in [9.17, 15) is 13.5 Å². The van der Waals surface area contributed by atoms with E-state index in [2.05, 4.69) is 20.6 Å². The smallest absolute Gasteiger partial charge is 0.238 e. The summed E-state index contributed by atoms with van der Waals surface area (Å²) in [6.07, 6.45) is 4.82. The number of sulfonamides is 1. The number of pyridine rings is 1. The van der Waals surface area contributed by atoms with Crippen LogP contribution in [0.1, 0.15) is 23.0 Å². The number of guanidine groups is 1. The van der Waals surface area contributed by atoms with Gasteiger partial charge in [0.25, 0.3) is 0 Å². The van der Waals surface area contributed by atoms with Gasteiger partial charge in [-0.1, -0.05) is 12.1 Å². The highest BCUT2D eigenvalue weighted by Crippen LogP contribution is 2.11. The molecule has 9 nitrogen and oxygen atoms in total. The highest BCUT2D eigenvalue weighted by atomic mass is 127. The number of halogens is 1. The number of nitrogens with one attached hydrogen (secondary N) is 2. The van der Waals surface area contributed by atoms with E-state index in [1.54, 1.807) is 42.9 Å². The fourth-order valence-corrected chi connectivity index (χ4v) is 3.30. The zero-order chi connectivity index (χ0) is 22.1. The summed E-state index contributed by atoms with van der Waals surface area (Å²) in [4.78, 5) is 8.53. The van der Waals surface area contributed by atoms with E-state index in [4.69, 9.17) is 9.56 Å². The Labute approximate surface area is 204 Å². The molecule has 1 aromatic carbocycles. The molecule has 2 aromatic heterocycles. The van der Waals surface area contributed by atoms with Crippen molar-refractivity contribution in [3.63, 3.8) is 0 Å². The molecule has 11 heteroatoms. The van der Waals surface area contributed by atoms with Gasteiger partial charge < -0.3 is 20.2 Å². The van der Waals surface area contributed by atoms with E-state index in [0.717, 1.165) is 16.9 Å². The number of nitrogens with two attached hydrogens (primary N) is 1. The first kappa shape index (κ1) is 25.8. The predicted octanol–water partition coefficient (Wildman–Crippen LogP) is 1.95. The van der Waals surface area contributed by atoms with E-state index in [0.29, 0.717) is 25.5 Å². The normalized spacial score (nSPS) is 12.6. The van der Waals surface area contributed by atoms with Crippen molar-refractivity contribution in [3.05, 3.63) is 84.1 Å². The second-order valence-corrected chi connectivity index (χ2v) is 8.35. The lowest BCUT2D eigenvalue weighted by Gasteiger charge is -2.16. The average molecular weight is 571 g/mol. The Hall–Kier alpha value is -2.48. The van der Waals surface area contributed by atoms with Crippen LogP contribution in [0.15, 0.2) is 81.5 Å². The molecule has 0 fully saturated rings. The summed E-state index contributed by atoms with van der Waals surface area (Å²) in [6.45, 7) is 1.14. The van der Waals surface area contributed by atoms with Crippen LogP contribution in [0.4, 0.5) is 0 Å². The van der Waals surface area contributed by atoms with Crippen LogP contribution in [0, 0.1) is 0 Å². The largest absolute Gasteiger partial charge is 0.469 e. The first-order chi connectivity index (χ1) is 14.9. The summed E-state index contributed by atoms with van der Waals surface area (Å²) in [7, 11) is -3.73. The molecule has 172 valence electrons. The molecule has 0 aliphatic carbocycles. The van der Waals surface area contributed by atoms with Gasteiger partial charge in [-0.25, -0.2) is 18.5 Å². The first-order valence-electron chi connectivity index (χ1n) is 9.66. The summed E-state index contributed by atoms with van der Waals surface area (Å²) in [6, 6.07) is 13.5. The number of hydrogen-bond acceptors (Lipinski definition) is 6. The number of aliphatic hydroxyl groups is 1. The van der Waals surface area contributed by atoms with Crippen LogP contribution < -0.4 is 15.8 Å². The van der Waals surface area contributed by atoms with Gasteiger partial charge in [0.2, 0.25) is 10.0 Å². The van der Waals surface area contributed by atoms with Gasteiger partial charge in [0.15, 0.2) is 5.96 Å². The van der Waals surface area contributed by atoms with Crippen molar-refractivity contribution >= 4 is 40.0 Å². The molecule has 2 heterocycles. The van der Waals surface area contributed by atoms with Crippen molar-refractivity contribution in [2.75, 3.05) is 13.1 Å². The fourth-order valence-electron chi connectivity index (χ4n) is 2.78. The maximum Gasteiger partial charge on any atom is 0.238 e. The van der Waals surface area contributed by atoms with Crippen LogP contribution in [-0.2, 0) is 23.0 Å². The quantitative estimate of drug-likeness (QED) is 0.175. The Morgan fingerprint density at radius 2 is 1.84 bits per heavy atom. The van der Waals surface area contributed by atoms with Gasteiger partial charge in [0.05, 0.1) is 23.8 Å². The van der Waals surface area contributed by atoms with E-state index in [-0.39, 0.29) is 35.4 Å². The summed E-state index contributed by atoms with van der Waals surface area (Å²) in [5.74, 6) is 1.36. The number of aliphatic hydroxyl groups excluding tert-OH is 1. The Kier molecular flexibility index (Phi) is 10.1. The standard InChI is InChI=1S/C21H25N5O4S.HI/c22-31(28,29)19-5-3-16(4-6-19)14-25-21(24-12-9-18-2-1-13-30-18)26-15-20(27)17-7-10-23-11-8-17;/h1-8,10-11,13,20,27H,9,12,14-15H2,(H2,22,28,29)(H2,24,25,26);1H. The van der Waals surface area contributed by atoms with Gasteiger partial charge in [-0.2, -0.15) is 0 Å². The van der Waals surface area contributed by atoms with E-state index < -0.39 is 16.1 Å². The lowest BCUT2D eigenvalue weighted by Crippen LogP contribution is -2.40. The lowest BCUT2D eigenvalue weighted by atomic mass is 10.1. The minimum Gasteiger partial charge on any atom is -0.469 e. The maximum absolute atomic E-state index is 11.4. The summed E-state index contributed by atoms with van der Waals surface area (Å²) in [5.41, 5.74) is 1.56. The van der Waals surface area contributed by atoms with Gasteiger partial charge in [-0.05, 0) is 47.5 Å². The average Bonchev–Trinajstić information content (AvgIpc) is 3.29. The van der Waals surface area contributed by atoms with Crippen molar-refractivity contribution < 1.29 is 17.9 Å². The number of aromatic nitrogens is 1. The molecule has 1 atom stereocenters. The first-order valence-corrected chi connectivity index (χ1v) is 11.2. The summed E-state index contributed by atoms with van der Waals surface area (Å²) >= 11 is 0. The SMILES string of the molecule is I.NS(=O)(=O)c1ccc(CN=C(NCCc2ccco2)NCC(O)c2ccncc2)cc1.